The molecule has 1 saturated heterocycles. The summed E-state index contributed by atoms with van der Waals surface area (Å²) in [6.07, 6.45) is 5.14. The number of pyridine rings is 1. The Hall–Kier alpha value is -3.04. The van der Waals surface area contributed by atoms with Gasteiger partial charge in [0.25, 0.3) is 5.56 Å². The van der Waals surface area contributed by atoms with Gasteiger partial charge in [0.15, 0.2) is 11.5 Å². The van der Waals surface area contributed by atoms with Crippen LogP contribution in [-0.4, -0.2) is 60.0 Å². The highest BCUT2D eigenvalue weighted by molar-refractivity contribution is 6.30. The second kappa shape index (κ2) is 7.09. The van der Waals surface area contributed by atoms with Gasteiger partial charge in [0, 0.05) is 45.0 Å². The fraction of sp³-hybridized carbons (Fsp3) is 0.316. The predicted molar refractivity (Wildman–Crippen MR) is 109 cm³/mol. The Bertz CT molecular complexity index is 1260. The lowest BCUT2D eigenvalue weighted by atomic mass is 10.2. The Balaban J connectivity index is 1.31. The van der Waals surface area contributed by atoms with E-state index in [1.165, 1.54) is 4.40 Å². The minimum absolute atomic E-state index is 0.120. The highest BCUT2D eigenvalue weighted by atomic mass is 35.5. The van der Waals surface area contributed by atoms with Gasteiger partial charge in [-0.1, -0.05) is 11.6 Å². The molecule has 0 amide bonds. The summed E-state index contributed by atoms with van der Waals surface area (Å²) in [4.78, 5) is 30.2. The van der Waals surface area contributed by atoms with Gasteiger partial charge in [0.05, 0.1) is 23.1 Å². The van der Waals surface area contributed by atoms with Crippen molar-refractivity contribution in [1.82, 2.24) is 33.9 Å². The van der Waals surface area contributed by atoms with Crippen LogP contribution in [0.25, 0.3) is 11.3 Å². The Morgan fingerprint density at radius 1 is 1.07 bits per heavy atom. The molecule has 0 radical (unpaired) electrons. The van der Waals surface area contributed by atoms with Crippen molar-refractivity contribution in [2.75, 3.05) is 31.1 Å². The van der Waals surface area contributed by atoms with Crippen molar-refractivity contribution in [3.05, 3.63) is 63.7 Å². The van der Waals surface area contributed by atoms with Crippen molar-refractivity contribution < 1.29 is 0 Å². The molecule has 4 aromatic heterocycles. The second-order valence-electron chi connectivity index (χ2n) is 7.12. The summed E-state index contributed by atoms with van der Waals surface area (Å²) in [7, 11) is 0. The third-order valence-corrected chi connectivity index (χ3v) is 5.32. The zero-order chi connectivity index (χ0) is 20.0. The van der Waals surface area contributed by atoms with E-state index in [2.05, 4.69) is 29.9 Å². The summed E-state index contributed by atoms with van der Waals surface area (Å²) >= 11 is 5.97. The maximum absolute atomic E-state index is 12.4. The first-order valence-electron chi connectivity index (χ1n) is 9.39. The van der Waals surface area contributed by atoms with E-state index in [0.717, 1.165) is 49.2 Å². The Morgan fingerprint density at radius 3 is 2.72 bits per heavy atom. The van der Waals surface area contributed by atoms with Crippen LogP contribution < -0.4 is 10.5 Å². The topological polar surface area (TPSA) is 83.9 Å². The average Bonchev–Trinajstić information content (AvgIpc) is 3.09. The quantitative estimate of drug-likeness (QED) is 0.505. The first kappa shape index (κ1) is 18.0. The van der Waals surface area contributed by atoms with Crippen LogP contribution in [0.4, 0.5) is 5.82 Å². The molecule has 148 valence electrons. The highest BCUT2D eigenvalue weighted by Gasteiger charge is 2.21. The van der Waals surface area contributed by atoms with Gasteiger partial charge in [-0.3, -0.25) is 19.1 Å². The largest absolute Gasteiger partial charge is 0.353 e. The molecule has 29 heavy (non-hydrogen) atoms. The van der Waals surface area contributed by atoms with Crippen LogP contribution in [0, 0.1) is 6.92 Å². The number of piperazine rings is 1. The van der Waals surface area contributed by atoms with E-state index in [1.54, 1.807) is 30.6 Å². The van der Waals surface area contributed by atoms with Gasteiger partial charge in [-0.2, -0.15) is 4.52 Å². The maximum Gasteiger partial charge on any atom is 0.258 e. The van der Waals surface area contributed by atoms with Gasteiger partial charge in [0.1, 0.15) is 11.5 Å². The Kier molecular flexibility index (Phi) is 4.40. The Labute approximate surface area is 171 Å². The van der Waals surface area contributed by atoms with Crippen molar-refractivity contribution >= 4 is 28.7 Å². The van der Waals surface area contributed by atoms with Gasteiger partial charge in [-0.05, 0) is 19.1 Å². The molecule has 1 aliphatic heterocycles. The molecule has 0 atom stereocenters. The minimum Gasteiger partial charge on any atom is -0.353 e. The summed E-state index contributed by atoms with van der Waals surface area (Å²) in [5, 5.41) is 4.99. The van der Waals surface area contributed by atoms with Crippen LogP contribution >= 0.6 is 11.6 Å². The lowest BCUT2D eigenvalue weighted by Gasteiger charge is -2.35. The monoisotopic (exact) mass is 410 g/mol. The van der Waals surface area contributed by atoms with Crippen molar-refractivity contribution in [3.8, 4) is 0 Å². The highest BCUT2D eigenvalue weighted by Crippen LogP contribution is 2.17. The molecule has 0 saturated carbocycles. The van der Waals surface area contributed by atoms with E-state index in [-0.39, 0.29) is 5.56 Å². The summed E-state index contributed by atoms with van der Waals surface area (Å²) in [6.45, 7) is 5.89. The molecule has 0 spiro atoms. The van der Waals surface area contributed by atoms with Gasteiger partial charge in [-0.25, -0.2) is 9.97 Å². The smallest absolute Gasteiger partial charge is 0.258 e. The number of aromatic nitrogens is 6. The Morgan fingerprint density at radius 2 is 1.90 bits per heavy atom. The van der Waals surface area contributed by atoms with Crippen molar-refractivity contribution in [2.24, 2.45) is 0 Å². The first-order valence-corrected chi connectivity index (χ1v) is 9.77. The number of hydrogen-bond acceptors (Lipinski definition) is 7. The molecular weight excluding hydrogens is 392 g/mol. The summed E-state index contributed by atoms with van der Waals surface area (Å²) in [5.74, 6) is 1.68. The molecule has 0 bridgehead atoms. The second-order valence-corrected chi connectivity index (χ2v) is 7.56. The van der Waals surface area contributed by atoms with Gasteiger partial charge in [-0.15, -0.1) is 5.10 Å². The van der Waals surface area contributed by atoms with Crippen molar-refractivity contribution in [3.63, 3.8) is 0 Å². The number of nitrogens with zero attached hydrogens (tertiary/aromatic N) is 8. The van der Waals surface area contributed by atoms with E-state index in [4.69, 9.17) is 11.6 Å². The summed E-state index contributed by atoms with van der Waals surface area (Å²) in [5.41, 5.74) is 2.00. The third-order valence-electron chi connectivity index (χ3n) is 5.09. The van der Waals surface area contributed by atoms with Crippen molar-refractivity contribution in [1.29, 1.82) is 0 Å². The van der Waals surface area contributed by atoms with Crippen LogP contribution in [-0.2, 0) is 6.54 Å². The van der Waals surface area contributed by atoms with E-state index in [9.17, 15) is 4.79 Å². The van der Waals surface area contributed by atoms with E-state index in [1.807, 2.05) is 17.6 Å². The third kappa shape index (κ3) is 3.43. The summed E-state index contributed by atoms with van der Waals surface area (Å²) < 4.78 is 3.31. The fourth-order valence-electron chi connectivity index (χ4n) is 3.70. The molecule has 9 nitrogen and oxygen atoms in total. The molecule has 5 rings (SSSR count). The van der Waals surface area contributed by atoms with Gasteiger partial charge < -0.3 is 4.90 Å². The maximum atomic E-state index is 12.4. The minimum atomic E-state index is -0.120. The number of anilines is 1. The number of fused-ring (bicyclic) bond motifs is 2. The predicted octanol–water partition coefficient (Wildman–Crippen LogP) is 1.42. The lowest BCUT2D eigenvalue weighted by Crippen LogP contribution is -2.46. The van der Waals surface area contributed by atoms with Crippen LogP contribution in [0.1, 0.15) is 11.5 Å². The van der Waals surface area contributed by atoms with Crippen molar-refractivity contribution in [2.45, 2.75) is 13.5 Å². The molecule has 1 fully saturated rings. The number of hydrogen-bond donors (Lipinski definition) is 0. The molecule has 0 unspecified atom stereocenters. The SMILES string of the molecule is Cc1nc2cncc(N3CCN(Cc4cc(=O)n5cc(Cl)ccc5n4)CC3)n2n1. The molecule has 5 heterocycles. The number of aryl methyl sites for hydroxylation is 1. The van der Waals surface area contributed by atoms with Crippen LogP contribution in [0.5, 0.6) is 0 Å². The fourth-order valence-corrected chi connectivity index (χ4v) is 3.86. The molecule has 0 aliphatic carbocycles. The van der Waals surface area contributed by atoms with Crippen LogP contribution in [0.3, 0.4) is 0 Å². The molecule has 1 aliphatic rings. The number of halogens is 1. The molecular formula is C19H19ClN8O. The molecule has 4 aromatic rings. The van der Waals surface area contributed by atoms with E-state index < -0.39 is 0 Å². The van der Waals surface area contributed by atoms with Gasteiger partial charge in [0.2, 0.25) is 0 Å². The number of rotatable bonds is 3. The molecule has 0 aromatic carbocycles. The standard InChI is InChI=1S/C19H19ClN8O/c1-13-22-17-9-21-10-18(28(17)24-13)26-6-4-25(5-7-26)12-15-8-19(29)27-11-14(20)2-3-16(27)23-15/h2-3,8-11H,4-7,12H2,1H3. The van der Waals surface area contributed by atoms with E-state index >= 15 is 0 Å². The first-order chi connectivity index (χ1) is 14.1. The normalized spacial score (nSPS) is 15.4. The molecule has 0 N–H and O–H groups in total. The average molecular weight is 411 g/mol. The molecule has 10 heteroatoms. The summed E-state index contributed by atoms with van der Waals surface area (Å²) in [6, 6.07) is 5.09. The zero-order valence-corrected chi connectivity index (χ0v) is 16.6. The van der Waals surface area contributed by atoms with Crippen LogP contribution in [0.15, 0.2) is 41.6 Å². The lowest BCUT2D eigenvalue weighted by molar-refractivity contribution is 0.246. The van der Waals surface area contributed by atoms with Gasteiger partial charge >= 0.3 is 0 Å². The van der Waals surface area contributed by atoms with Crippen LogP contribution in [0.2, 0.25) is 5.02 Å². The zero-order valence-electron chi connectivity index (χ0n) is 15.9. The van der Waals surface area contributed by atoms with E-state index in [0.29, 0.717) is 17.2 Å².